The molecule has 1 saturated heterocycles. The van der Waals surface area contributed by atoms with Gasteiger partial charge in [-0.3, -0.25) is 14.3 Å². The zero-order chi connectivity index (χ0) is 22.0. The molecule has 11 heteroatoms. The number of rotatable bonds is 5. The first-order valence-electron chi connectivity index (χ1n) is 9.68. The zero-order valence-electron chi connectivity index (χ0n) is 16.7. The molecular formula is C20H21FN6O3S. The van der Waals surface area contributed by atoms with Crippen molar-refractivity contribution in [3.8, 4) is 0 Å². The minimum Gasteiger partial charge on any atom is -0.381 e. The molecule has 0 radical (unpaired) electrons. The fourth-order valence-corrected chi connectivity index (χ4v) is 3.88. The molecule has 1 aliphatic rings. The summed E-state index contributed by atoms with van der Waals surface area (Å²) in [5, 5.41) is 9.93. The van der Waals surface area contributed by atoms with Gasteiger partial charge in [-0.15, -0.1) is 0 Å². The van der Waals surface area contributed by atoms with Crippen molar-refractivity contribution in [2.24, 2.45) is 0 Å². The number of nitrogen functional groups attached to an aromatic ring is 1. The van der Waals surface area contributed by atoms with E-state index in [4.69, 9.17) is 10.5 Å². The number of halogens is 1. The Morgan fingerprint density at radius 1 is 1.26 bits per heavy atom. The number of nitrogens with one attached hydrogen (secondary N) is 2. The molecule has 0 spiro atoms. The number of aryl methyl sites for hydroxylation is 1. The van der Waals surface area contributed by atoms with Gasteiger partial charge >= 0.3 is 0 Å². The third-order valence-electron chi connectivity index (χ3n) is 4.97. The topological polar surface area (TPSA) is 124 Å². The Morgan fingerprint density at radius 3 is 2.74 bits per heavy atom. The van der Waals surface area contributed by atoms with E-state index in [2.05, 4.69) is 20.7 Å². The first kappa shape index (κ1) is 20.9. The van der Waals surface area contributed by atoms with Gasteiger partial charge in [-0.05, 0) is 37.5 Å². The van der Waals surface area contributed by atoms with Crippen molar-refractivity contribution in [3.63, 3.8) is 0 Å². The summed E-state index contributed by atoms with van der Waals surface area (Å²) in [6, 6.07) is 4.37. The van der Waals surface area contributed by atoms with E-state index in [1.165, 1.54) is 18.3 Å². The van der Waals surface area contributed by atoms with Crippen LogP contribution in [-0.4, -0.2) is 39.8 Å². The number of hydrogen-bond acceptors (Lipinski definition) is 7. The summed E-state index contributed by atoms with van der Waals surface area (Å²) >= 11 is 1.03. The third-order valence-corrected chi connectivity index (χ3v) is 5.79. The highest BCUT2D eigenvalue weighted by molar-refractivity contribution is 7.17. The summed E-state index contributed by atoms with van der Waals surface area (Å²) in [6.45, 7) is 2.98. The van der Waals surface area contributed by atoms with Crippen LogP contribution >= 0.6 is 11.3 Å². The lowest BCUT2D eigenvalue weighted by molar-refractivity contribution is 0.0663. The quantitative estimate of drug-likeness (QED) is 0.555. The Morgan fingerprint density at radius 2 is 2.03 bits per heavy atom. The predicted molar refractivity (Wildman–Crippen MR) is 115 cm³/mol. The number of hydrogen-bond donors (Lipinski definition) is 3. The van der Waals surface area contributed by atoms with Gasteiger partial charge in [0.15, 0.2) is 10.9 Å². The molecule has 0 aliphatic carbocycles. The predicted octanol–water partition coefficient (Wildman–Crippen LogP) is 3.23. The number of anilines is 3. The maximum atomic E-state index is 14.5. The molecule has 0 saturated carbocycles. The van der Waals surface area contributed by atoms with E-state index < -0.39 is 17.6 Å². The molecule has 0 bridgehead atoms. The number of nitrogens with two attached hydrogens (primary N) is 1. The monoisotopic (exact) mass is 444 g/mol. The van der Waals surface area contributed by atoms with Crippen LogP contribution in [0.25, 0.3) is 0 Å². The molecule has 31 heavy (non-hydrogen) atoms. The van der Waals surface area contributed by atoms with E-state index >= 15 is 0 Å². The van der Waals surface area contributed by atoms with Crippen molar-refractivity contribution in [1.82, 2.24) is 14.8 Å². The van der Waals surface area contributed by atoms with Crippen LogP contribution in [0.5, 0.6) is 0 Å². The summed E-state index contributed by atoms with van der Waals surface area (Å²) in [6.07, 6.45) is 4.83. The zero-order valence-corrected chi connectivity index (χ0v) is 17.5. The number of nitrogens with zero attached hydrogens (tertiary/aromatic N) is 3. The molecule has 9 nitrogen and oxygen atoms in total. The smallest absolute Gasteiger partial charge is 0.267 e. The number of ether oxygens (including phenoxy) is 1. The second-order valence-electron chi connectivity index (χ2n) is 7.14. The van der Waals surface area contributed by atoms with Gasteiger partial charge in [-0.1, -0.05) is 11.3 Å². The highest BCUT2D eigenvalue weighted by Crippen LogP contribution is 2.24. The largest absolute Gasteiger partial charge is 0.381 e. The molecule has 2 amide bonds. The molecule has 162 valence electrons. The average molecular weight is 444 g/mol. The minimum atomic E-state index is -0.695. The molecular weight excluding hydrogens is 423 g/mol. The molecule has 0 unspecified atom stereocenters. The van der Waals surface area contributed by atoms with E-state index in [0.717, 1.165) is 24.2 Å². The van der Waals surface area contributed by atoms with Gasteiger partial charge in [0.2, 0.25) is 0 Å². The molecule has 1 aliphatic heterocycles. The maximum absolute atomic E-state index is 14.5. The second-order valence-corrected chi connectivity index (χ2v) is 8.20. The van der Waals surface area contributed by atoms with E-state index in [1.54, 1.807) is 23.9 Å². The van der Waals surface area contributed by atoms with Crippen LogP contribution in [0.1, 0.15) is 44.5 Å². The van der Waals surface area contributed by atoms with Gasteiger partial charge in [-0.2, -0.15) is 5.10 Å². The van der Waals surface area contributed by atoms with Crippen LogP contribution in [0.3, 0.4) is 0 Å². The van der Waals surface area contributed by atoms with Gasteiger partial charge in [0, 0.05) is 31.2 Å². The molecule has 1 aromatic carbocycles. The van der Waals surface area contributed by atoms with Crippen LogP contribution in [-0.2, 0) is 4.74 Å². The number of benzene rings is 1. The summed E-state index contributed by atoms with van der Waals surface area (Å²) in [4.78, 5) is 29.2. The Kier molecular flexibility index (Phi) is 5.96. The summed E-state index contributed by atoms with van der Waals surface area (Å²) in [7, 11) is 0. The number of thiazole rings is 1. The Hall–Kier alpha value is -3.31. The van der Waals surface area contributed by atoms with Crippen molar-refractivity contribution in [1.29, 1.82) is 0 Å². The van der Waals surface area contributed by atoms with Crippen molar-refractivity contribution >= 4 is 39.8 Å². The molecule has 1 fully saturated rings. The fourth-order valence-electron chi connectivity index (χ4n) is 3.30. The van der Waals surface area contributed by atoms with Gasteiger partial charge in [0.05, 0.1) is 17.8 Å². The molecule has 4 N–H and O–H groups in total. The first-order chi connectivity index (χ1) is 14.9. The maximum Gasteiger partial charge on any atom is 0.267 e. The summed E-state index contributed by atoms with van der Waals surface area (Å²) in [5.74, 6) is -1.47. The Balaban J connectivity index is 1.49. The fraction of sp³-hybridized carbons (Fsp3) is 0.300. The highest BCUT2D eigenvalue weighted by Gasteiger charge is 2.20. The van der Waals surface area contributed by atoms with Crippen molar-refractivity contribution in [2.75, 3.05) is 29.6 Å². The van der Waals surface area contributed by atoms with Crippen LogP contribution in [0.2, 0.25) is 0 Å². The van der Waals surface area contributed by atoms with E-state index in [1.807, 2.05) is 0 Å². The second kappa shape index (κ2) is 8.82. The van der Waals surface area contributed by atoms with E-state index in [-0.39, 0.29) is 16.7 Å². The number of aromatic nitrogens is 3. The lowest BCUT2D eigenvalue weighted by atomic mass is 10.1. The highest BCUT2D eigenvalue weighted by atomic mass is 32.1. The number of carbonyl (C=O) groups excluding carboxylic acids is 2. The van der Waals surface area contributed by atoms with Crippen LogP contribution in [0.4, 0.5) is 21.0 Å². The molecule has 3 heterocycles. The van der Waals surface area contributed by atoms with Crippen molar-refractivity contribution in [3.05, 3.63) is 52.4 Å². The molecule has 0 atom stereocenters. The minimum absolute atomic E-state index is 0.203. The van der Waals surface area contributed by atoms with Crippen molar-refractivity contribution in [2.45, 2.75) is 25.8 Å². The standard InChI is InChI=1S/C20H21FN6O3S/c1-11-8-14(21)13(9-15(11)24-19(29)16-10-23-20(22)31-16)18(28)25-17-2-5-27(26-17)12-3-6-30-7-4-12/h2,5,8-10,12H,3-4,6-7H2,1H3,(H2,22,23)(H,24,29)(H,25,26,28). The average Bonchev–Trinajstić information content (AvgIpc) is 3.39. The summed E-state index contributed by atoms with van der Waals surface area (Å²) in [5.41, 5.74) is 6.15. The molecule has 2 aromatic heterocycles. The van der Waals surface area contributed by atoms with Gasteiger partial charge in [-0.25, -0.2) is 9.37 Å². The Labute approximate surface area is 181 Å². The van der Waals surface area contributed by atoms with Gasteiger partial charge in [0.25, 0.3) is 11.8 Å². The summed E-state index contributed by atoms with van der Waals surface area (Å²) < 4.78 is 21.6. The van der Waals surface area contributed by atoms with Gasteiger partial charge < -0.3 is 21.1 Å². The Bertz CT molecular complexity index is 1120. The molecule has 4 rings (SSSR count). The van der Waals surface area contributed by atoms with Crippen LogP contribution in [0.15, 0.2) is 30.6 Å². The van der Waals surface area contributed by atoms with Crippen molar-refractivity contribution < 1.29 is 18.7 Å². The van der Waals surface area contributed by atoms with Crippen LogP contribution in [0, 0.1) is 12.7 Å². The van der Waals surface area contributed by atoms with E-state index in [9.17, 15) is 14.0 Å². The normalized spacial score (nSPS) is 14.4. The van der Waals surface area contributed by atoms with Gasteiger partial charge in [0.1, 0.15) is 10.7 Å². The number of carbonyl (C=O) groups is 2. The third kappa shape index (κ3) is 4.72. The van der Waals surface area contributed by atoms with Crippen LogP contribution < -0.4 is 16.4 Å². The number of amides is 2. The first-order valence-corrected chi connectivity index (χ1v) is 10.5. The van der Waals surface area contributed by atoms with E-state index in [0.29, 0.717) is 35.2 Å². The molecule has 3 aromatic rings. The lowest BCUT2D eigenvalue weighted by Crippen LogP contribution is -2.20. The SMILES string of the molecule is Cc1cc(F)c(C(=O)Nc2ccn(C3CCOCC3)n2)cc1NC(=O)c1cnc(N)s1. The lowest BCUT2D eigenvalue weighted by Gasteiger charge is -2.22.